The molecular weight excluding hydrogens is 368 g/mol. The molecule has 0 unspecified atom stereocenters. The fraction of sp³-hybridized carbons (Fsp3) is 0.444. The highest BCUT2D eigenvalue weighted by molar-refractivity contribution is 7.99. The van der Waals surface area contributed by atoms with Crippen LogP contribution in [0.1, 0.15) is 25.7 Å². The standard InChI is InChI=1S/C18H20N4O4S/c1-24-13-6-5-12(9-14(13)25-2)16-21-22-17(26-16)27-10-15(23)20-18(11-19)7-3-4-8-18/h5-6,9H,3-4,7-8,10H2,1-2H3,(H,20,23). The predicted octanol–water partition coefficient (Wildman–Crippen LogP) is 2.80. The van der Waals surface area contributed by atoms with Gasteiger partial charge in [-0.25, -0.2) is 0 Å². The summed E-state index contributed by atoms with van der Waals surface area (Å²) in [6, 6.07) is 7.51. The molecule has 1 aliphatic rings. The number of carbonyl (C=O) groups excluding carboxylic acids is 1. The summed E-state index contributed by atoms with van der Waals surface area (Å²) in [5, 5.41) is 20.4. The number of aromatic nitrogens is 2. The third-order valence-corrected chi connectivity index (χ3v) is 5.23. The van der Waals surface area contributed by atoms with Crippen LogP contribution in [0.2, 0.25) is 0 Å². The zero-order valence-electron chi connectivity index (χ0n) is 15.2. The van der Waals surface area contributed by atoms with E-state index in [1.807, 2.05) is 0 Å². The van der Waals surface area contributed by atoms with Crippen molar-refractivity contribution in [1.29, 1.82) is 5.26 Å². The lowest BCUT2D eigenvalue weighted by Crippen LogP contribution is -2.45. The van der Waals surface area contributed by atoms with E-state index in [0.29, 0.717) is 35.8 Å². The number of hydrogen-bond donors (Lipinski definition) is 1. The Balaban J connectivity index is 1.61. The largest absolute Gasteiger partial charge is 0.493 e. The van der Waals surface area contributed by atoms with Gasteiger partial charge in [-0.05, 0) is 43.9 Å². The molecule has 0 saturated heterocycles. The van der Waals surface area contributed by atoms with Crippen LogP contribution in [0.5, 0.6) is 11.5 Å². The van der Waals surface area contributed by atoms with Crippen molar-refractivity contribution in [2.75, 3.05) is 20.0 Å². The summed E-state index contributed by atoms with van der Waals surface area (Å²) in [7, 11) is 3.11. The second kappa shape index (κ2) is 8.31. The van der Waals surface area contributed by atoms with E-state index in [4.69, 9.17) is 13.9 Å². The molecule has 0 bridgehead atoms. The Hall–Kier alpha value is -2.73. The summed E-state index contributed by atoms with van der Waals surface area (Å²) in [5.74, 6) is 1.37. The molecule has 9 heteroatoms. The van der Waals surface area contributed by atoms with Gasteiger partial charge in [-0.2, -0.15) is 5.26 Å². The number of nitriles is 1. The van der Waals surface area contributed by atoms with Gasteiger partial charge < -0.3 is 19.2 Å². The van der Waals surface area contributed by atoms with Crippen LogP contribution in [0.25, 0.3) is 11.5 Å². The summed E-state index contributed by atoms with van der Waals surface area (Å²) < 4.78 is 16.1. The maximum absolute atomic E-state index is 12.2. The molecule has 1 saturated carbocycles. The van der Waals surface area contributed by atoms with Crippen molar-refractivity contribution in [3.8, 4) is 29.0 Å². The first kappa shape index (κ1) is 19.0. The molecular formula is C18H20N4O4S. The van der Waals surface area contributed by atoms with Crippen LogP contribution in [-0.2, 0) is 4.79 Å². The first-order valence-electron chi connectivity index (χ1n) is 8.50. The molecule has 0 spiro atoms. The average molecular weight is 388 g/mol. The first-order valence-corrected chi connectivity index (χ1v) is 9.49. The van der Waals surface area contributed by atoms with Gasteiger partial charge in [0.1, 0.15) is 5.54 Å². The minimum atomic E-state index is -0.725. The van der Waals surface area contributed by atoms with Crippen molar-refractivity contribution in [1.82, 2.24) is 15.5 Å². The molecule has 1 aliphatic carbocycles. The number of amides is 1. The smallest absolute Gasteiger partial charge is 0.277 e. The summed E-state index contributed by atoms with van der Waals surface area (Å²) >= 11 is 1.14. The number of thioether (sulfide) groups is 1. The van der Waals surface area contributed by atoms with Crippen molar-refractivity contribution in [2.24, 2.45) is 0 Å². The molecule has 0 radical (unpaired) electrons. The van der Waals surface area contributed by atoms with Crippen molar-refractivity contribution in [2.45, 2.75) is 36.4 Å². The van der Waals surface area contributed by atoms with Crippen LogP contribution in [0, 0.1) is 11.3 Å². The quantitative estimate of drug-likeness (QED) is 0.721. The van der Waals surface area contributed by atoms with Crippen LogP contribution >= 0.6 is 11.8 Å². The van der Waals surface area contributed by atoms with Gasteiger partial charge in [-0.15, -0.1) is 10.2 Å². The molecule has 8 nitrogen and oxygen atoms in total. The van der Waals surface area contributed by atoms with Crippen molar-refractivity contribution in [3.05, 3.63) is 18.2 Å². The summed E-state index contributed by atoms with van der Waals surface area (Å²) in [5.41, 5.74) is -0.0389. The van der Waals surface area contributed by atoms with E-state index >= 15 is 0 Å². The second-order valence-corrected chi connectivity index (χ2v) is 7.11. The Labute approximate surface area is 161 Å². The molecule has 3 rings (SSSR count). The minimum absolute atomic E-state index is 0.108. The van der Waals surface area contributed by atoms with E-state index in [-0.39, 0.29) is 16.9 Å². The lowest BCUT2D eigenvalue weighted by Gasteiger charge is -2.21. The molecule has 1 fully saturated rings. The lowest BCUT2D eigenvalue weighted by molar-refractivity contribution is -0.119. The predicted molar refractivity (Wildman–Crippen MR) is 98.5 cm³/mol. The van der Waals surface area contributed by atoms with Crippen molar-refractivity contribution < 1.29 is 18.7 Å². The van der Waals surface area contributed by atoms with E-state index in [2.05, 4.69) is 21.6 Å². The molecule has 27 heavy (non-hydrogen) atoms. The Kier molecular flexibility index (Phi) is 5.86. The van der Waals surface area contributed by atoms with Gasteiger partial charge in [-0.3, -0.25) is 4.79 Å². The molecule has 1 N–H and O–H groups in total. The SMILES string of the molecule is COc1ccc(-c2nnc(SCC(=O)NC3(C#N)CCCC3)o2)cc1OC. The Bertz CT molecular complexity index is 855. The number of nitrogens with one attached hydrogen (secondary N) is 1. The molecule has 142 valence electrons. The Morgan fingerprint density at radius 3 is 2.70 bits per heavy atom. The van der Waals surface area contributed by atoms with Gasteiger partial charge in [-0.1, -0.05) is 11.8 Å². The number of nitrogens with zero attached hydrogens (tertiary/aromatic N) is 3. The van der Waals surface area contributed by atoms with Crippen molar-refractivity contribution >= 4 is 17.7 Å². The van der Waals surface area contributed by atoms with Gasteiger partial charge >= 0.3 is 0 Å². The number of ether oxygens (including phenoxy) is 2. The highest BCUT2D eigenvalue weighted by atomic mass is 32.2. The number of benzene rings is 1. The summed E-state index contributed by atoms with van der Waals surface area (Å²) in [6.45, 7) is 0. The third-order valence-electron chi connectivity index (χ3n) is 4.41. The lowest BCUT2D eigenvalue weighted by atomic mass is 10.0. The fourth-order valence-electron chi connectivity index (χ4n) is 3.03. The average Bonchev–Trinajstić information content (AvgIpc) is 3.36. The molecule has 1 aromatic carbocycles. The second-order valence-electron chi connectivity index (χ2n) is 6.18. The highest BCUT2D eigenvalue weighted by Gasteiger charge is 2.35. The topological polar surface area (TPSA) is 110 Å². The summed E-state index contributed by atoms with van der Waals surface area (Å²) in [6.07, 6.45) is 3.31. The van der Waals surface area contributed by atoms with Crippen molar-refractivity contribution in [3.63, 3.8) is 0 Å². The molecule has 1 aromatic heterocycles. The number of carbonyl (C=O) groups is 1. The van der Waals surface area contributed by atoms with E-state index in [0.717, 1.165) is 24.6 Å². The number of methoxy groups -OCH3 is 2. The molecule has 2 aromatic rings. The number of rotatable bonds is 7. The van der Waals surface area contributed by atoms with Gasteiger partial charge in [0, 0.05) is 5.56 Å². The van der Waals surface area contributed by atoms with Crippen LogP contribution < -0.4 is 14.8 Å². The van der Waals surface area contributed by atoms with Gasteiger partial charge in [0.05, 0.1) is 26.0 Å². The zero-order valence-corrected chi connectivity index (χ0v) is 16.0. The normalized spacial score (nSPS) is 15.1. The molecule has 1 heterocycles. The van der Waals surface area contributed by atoms with Gasteiger partial charge in [0.15, 0.2) is 11.5 Å². The molecule has 0 aliphatic heterocycles. The van der Waals surface area contributed by atoms with E-state index in [1.54, 1.807) is 32.4 Å². The van der Waals surface area contributed by atoms with E-state index in [1.165, 1.54) is 0 Å². The first-order chi connectivity index (χ1) is 13.1. The van der Waals surface area contributed by atoms with Gasteiger partial charge in [0.2, 0.25) is 11.8 Å². The monoisotopic (exact) mass is 388 g/mol. The fourth-order valence-corrected chi connectivity index (χ4v) is 3.59. The van der Waals surface area contributed by atoms with Crippen LogP contribution in [0.4, 0.5) is 0 Å². The van der Waals surface area contributed by atoms with Crippen LogP contribution in [0.3, 0.4) is 0 Å². The Morgan fingerprint density at radius 1 is 1.30 bits per heavy atom. The molecule has 0 atom stereocenters. The maximum Gasteiger partial charge on any atom is 0.277 e. The van der Waals surface area contributed by atoms with E-state index < -0.39 is 5.54 Å². The van der Waals surface area contributed by atoms with Gasteiger partial charge in [0.25, 0.3) is 5.22 Å². The highest BCUT2D eigenvalue weighted by Crippen LogP contribution is 2.33. The number of hydrogen-bond acceptors (Lipinski definition) is 8. The van der Waals surface area contributed by atoms with Crippen LogP contribution in [0.15, 0.2) is 27.8 Å². The third kappa shape index (κ3) is 4.34. The minimum Gasteiger partial charge on any atom is -0.493 e. The molecule has 1 amide bonds. The zero-order chi connectivity index (χ0) is 19.3. The van der Waals surface area contributed by atoms with E-state index in [9.17, 15) is 10.1 Å². The summed E-state index contributed by atoms with van der Waals surface area (Å²) in [4.78, 5) is 12.2. The maximum atomic E-state index is 12.2. The van der Waals surface area contributed by atoms with Crippen LogP contribution in [-0.4, -0.2) is 41.6 Å². The Morgan fingerprint density at radius 2 is 2.04 bits per heavy atom.